The molecule has 0 radical (unpaired) electrons. The summed E-state index contributed by atoms with van der Waals surface area (Å²) < 4.78 is 1.77. The van der Waals surface area contributed by atoms with E-state index in [1.807, 2.05) is 90.5 Å². The molecule has 0 atom stereocenters. The molecule has 0 saturated carbocycles. The number of carbonyl (C=O) groups excluding carboxylic acids is 2. The summed E-state index contributed by atoms with van der Waals surface area (Å²) in [6.45, 7) is 8.41. The lowest BCUT2D eigenvalue weighted by molar-refractivity contribution is -0.132. The Bertz CT molecular complexity index is 1070. The van der Waals surface area contributed by atoms with Gasteiger partial charge in [-0.1, -0.05) is 48.5 Å². The summed E-state index contributed by atoms with van der Waals surface area (Å²) in [7, 11) is 0. The van der Waals surface area contributed by atoms with Crippen LogP contribution < -0.4 is 0 Å². The lowest BCUT2D eigenvalue weighted by Crippen LogP contribution is -2.51. The molecule has 2 aromatic carbocycles. The summed E-state index contributed by atoms with van der Waals surface area (Å²) in [5.74, 6) is 0.126. The molecular weight excluding hydrogens is 414 g/mol. The van der Waals surface area contributed by atoms with E-state index < -0.39 is 0 Å². The van der Waals surface area contributed by atoms with Crippen molar-refractivity contribution in [2.24, 2.45) is 0 Å². The smallest absolute Gasteiger partial charge is 0.257 e. The van der Waals surface area contributed by atoms with Gasteiger partial charge in [0, 0.05) is 51.0 Å². The van der Waals surface area contributed by atoms with Crippen LogP contribution in [0.5, 0.6) is 0 Å². The third-order valence-corrected chi connectivity index (χ3v) is 6.15. The molecule has 1 aliphatic heterocycles. The molecule has 33 heavy (non-hydrogen) atoms. The largest absolute Gasteiger partial charge is 0.342 e. The van der Waals surface area contributed by atoms with Crippen molar-refractivity contribution >= 4 is 11.8 Å². The van der Waals surface area contributed by atoms with Gasteiger partial charge in [-0.05, 0) is 26.0 Å². The van der Waals surface area contributed by atoms with Crippen molar-refractivity contribution < 1.29 is 9.59 Å². The Morgan fingerprint density at radius 2 is 1.48 bits per heavy atom. The van der Waals surface area contributed by atoms with Crippen LogP contribution in [0.25, 0.3) is 16.9 Å². The number of likely N-dealkylation sites (N-methyl/N-ethyl adjacent to an activating group) is 1. The Balaban J connectivity index is 1.51. The average molecular weight is 446 g/mol. The summed E-state index contributed by atoms with van der Waals surface area (Å²) in [5.41, 5.74) is 3.11. The van der Waals surface area contributed by atoms with Crippen molar-refractivity contribution in [2.75, 3.05) is 45.8 Å². The van der Waals surface area contributed by atoms with E-state index in [0.717, 1.165) is 24.3 Å². The summed E-state index contributed by atoms with van der Waals surface area (Å²) in [5, 5.41) is 4.77. The SMILES string of the molecule is CCN(CC)C(=O)CN1CCN(C(=O)c2cn(-c3ccccc3)nc2-c2ccccc2)CC1. The first kappa shape index (κ1) is 22.7. The molecule has 172 valence electrons. The third kappa shape index (κ3) is 5.14. The molecule has 0 spiro atoms. The molecule has 7 heteroatoms. The molecule has 0 aliphatic carbocycles. The fraction of sp³-hybridized carbons (Fsp3) is 0.346. The first-order valence-corrected chi connectivity index (χ1v) is 11.6. The molecule has 0 bridgehead atoms. The zero-order chi connectivity index (χ0) is 23.2. The van der Waals surface area contributed by atoms with Crippen molar-refractivity contribution in [1.29, 1.82) is 0 Å². The quantitative estimate of drug-likeness (QED) is 0.561. The predicted octanol–water partition coefficient (Wildman–Crippen LogP) is 3.17. The van der Waals surface area contributed by atoms with Gasteiger partial charge in [0.25, 0.3) is 5.91 Å². The highest BCUT2D eigenvalue weighted by atomic mass is 16.2. The van der Waals surface area contributed by atoms with E-state index in [1.165, 1.54) is 0 Å². The topological polar surface area (TPSA) is 61.7 Å². The number of aromatic nitrogens is 2. The van der Waals surface area contributed by atoms with E-state index >= 15 is 0 Å². The number of carbonyl (C=O) groups is 2. The summed E-state index contributed by atoms with van der Waals surface area (Å²) in [4.78, 5) is 31.8. The number of hydrogen-bond donors (Lipinski definition) is 0. The highest BCUT2D eigenvalue weighted by Crippen LogP contribution is 2.25. The Morgan fingerprint density at radius 1 is 0.879 bits per heavy atom. The van der Waals surface area contributed by atoms with E-state index in [2.05, 4.69) is 4.90 Å². The van der Waals surface area contributed by atoms with Crippen LogP contribution in [0.2, 0.25) is 0 Å². The normalized spacial score (nSPS) is 14.3. The van der Waals surface area contributed by atoms with E-state index in [0.29, 0.717) is 44.0 Å². The second kappa shape index (κ2) is 10.4. The molecule has 4 rings (SSSR count). The summed E-state index contributed by atoms with van der Waals surface area (Å²) in [6.07, 6.45) is 1.83. The monoisotopic (exact) mass is 445 g/mol. The number of rotatable bonds is 7. The molecule has 1 aliphatic rings. The van der Waals surface area contributed by atoms with Crippen LogP contribution in [0.15, 0.2) is 66.9 Å². The van der Waals surface area contributed by atoms with Crippen LogP contribution in [-0.2, 0) is 4.79 Å². The minimum Gasteiger partial charge on any atom is -0.342 e. The van der Waals surface area contributed by atoms with Crippen LogP contribution in [0.3, 0.4) is 0 Å². The zero-order valence-corrected chi connectivity index (χ0v) is 19.4. The van der Waals surface area contributed by atoms with Crippen molar-refractivity contribution in [1.82, 2.24) is 24.5 Å². The van der Waals surface area contributed by atoms with Crippen LogP contribution in [-0.4, -0.2) is 82.1 Å². The maximum Gasteiger partial charge on any atom is 0.257 e. The molecule has 1 aromatic heterocycles. The van der Waals surface area contributed by atoms with Gasteiger partial charge in [0.2, 0.25) is 5.91 Å². The Morgan fingerprint density at radius 3 is 2.09 bits per heavy atom. The van der Waals surface area contributed by atoms with Gasteiger partial charge in [0.05, 0.1) is 17.8 Å². The van der Waals surface area contributed by atoms with E-state index in [4.69, 9.17) is 5.10 Å². The second-order valence-corrected chi connectivity index (χ2v) is 8.17. The van der Waals surface area contributed by atoms with Crippen LogP contribution in [0, 0.1) is 0 Å². The average Bonchev–Trinajstić information content (AvgIpc) is 3.31. The molecule has 0 N–H and O–H groups in total. The molecule has 0 unspecified atom stereocenters. The van der Waals surface area contributed by atoms with Gasteiger partial charge in [0.15, 0.2) is 0 Å². The van der Waals surface area contributed by atoms with Gasteiger partial charge in [-0.25, -0.2) is 4.68 Å². The Labute approximate surface area is 195 Å². The predicted molar refractivity (Wildman–Crippen MR) is 129 cm³/mol. The lowest BCUT2D eigenvalue weighted by atomic mass is 10.1. The van der Waals surface area contributed by atoms with Gasteiger partial charge in [-0.2, -0.15) is 5.10 Å². The maximum atomic E-state index is 13.5. The molecule has 7 nitrogen and oxygen atoms in total. The molecular formula is C26H31N5O2. The molecule has 1 saturated heterocycles. The van der Waals surface area contributed by atoms with Crippen LogP contribution in [0.4, 0.5) is 0 Å². The fourth-order valence-corrected chi connectivity index (χ4v) is 4.20. The van der Waals surface area contributed by atoms with Gasteiger partial charge in [-0.3, -0.25) is 14.5 Å². The molecule has 2 heterocycles. The highest BCUT2D eigenvalue weighted by molar-refractivity contribution is 6.00. The standard InChI is InChI=1S/C26H31N5O2/c1-3-29(4-2)24(32)20-28-15-17-30(18-16-28)26(33)23-19-31(22-13-9-6-10-14-22)27-25(23)21-11-7-5-8-12-21/h5-14,19H,3-4,15-18,20H2,1-2H3. The first-order chi connectivity index (χ1) is 16.1. The second-order valence-electron chi connectivity index (χ2n) is 8.17. The highest BCUT2D eigenvalue weighted by Gasteiger charge is 2.27. The van der Waals surface area contributed by atoms with Crippen molar-refractivity contribution in [3.63, 3.8) is 0 Å². The van der Waals surface area contributed by atoms with Gasteiger partial charge in [0.1, 0.15) is 5.69 Å². The zero-order valence-electron chi connectivity index (χ0n) is 19.4. The summed E-state index contributed by atoms with van der Waals surface area (Å²) >= 11 is 0. The minimum atomic E-state index is -0.0225. The first-order valence-electron chi connectivity index (χ1n) is 11.6. The van der Waals surface area contributed by atoms with Gasteiger partial charge in [-0.15, -0.1) is 0 Å². The van der Waals surface area contributed by atoms with Crippen LogP contribution in [0.1, 0.15) is 24.2 Å². The number of piperazine rings is 1. The number of para-hydroxylation sites is 1. The van der Waals surface area contributed by atoms with Crippen LogP contribution >= 0.6 is 0 Å². The number of nitrogens with zero attached hydrogens (tertiary/aromatic N) is 5. The molecule has 2 amide bonds. The number of amides is 2. The Kier molecular flexibility index (Phi) is 7.19. The van der Waals surface area contributed by atoms with Crippen molar-refractivity contribution in [2.45, 2.75) is 13.8 Å². The Hall–Kier alpha value is -3.45. The molecule has 3 aromatic rings. The summed E-state index contributed by atoms with van der Waals surface area (Å²) in [6, 6.07) is 19.6. The van der Waals surface area contributed by atoms with E-state index in [1.54, 1.807) is 4.68 Å². The maximum absolute atomic E-state index is 13.5. The van der Waals surface area contributed by atoms with Gasteiger partial charge >= 0.3 is 0 Å². The van der Waals surface area contributed by atoms with Crippen molar-refractivity contribution in [3.05, 3.63) is 72.4 Å². The number of benzene rings is 2. The number of hydrogen-bond acceptors (Lipinski definition) is 4. The van der Waals surface area contributed by atoms with Gasteiger partial charge < -0.3 is 9.80 Å². The minimum absolute atomic E-state index is 0.0225. The third-order valence-electron chi connectivity index (χ3n) is 6.15. The fourth-order valence-electron chi connectivity index (χ4n) is 4.20. The van der Waals surface area contributed by atoms with Crippen molar-refractivity contribution in [3.8, 4) is 16.9 Å². The van der Waals surface area contributed by atoms with E-state index in [9.17, 15) is 9.59 Å². The lowest BCUT2D eigenvalue weighted by Gasteiger charge is -2.35. The van der Waals surface area contributed by atoms with E-state index in [-0.39, 0.29) is 11.8 Å². The molecule has 1 fully saturated rings.